The molecule has 4 atom stereocenters. The van der Waals surface area contributed by atoms with E-state index < -0.39 is 31.1 Å². The molecule has 9 heteroatoms. The third-order valence-electron chi connectivity index (χ3n) is 3.53. The van der Waals surface area contributed by atoms with Crippen LogP contribution in [0.15, 0.2) is 23.4 Å². The summed E-state index contributed by atoms with van der Waals surface area (Å²) in [5.74, 6) is 0.0195. The lowest BCUT2D eigenvalue weighted by atomic mass is 10.1. The number of aliphatic hydroxyl groups is 3. The maximum absolute atomic E-state index is 11.9. The summed E-state index contributed by atoms with van der Waals surface area (Å²) in [5.41, 5.74) is 5.51. The second-order valence-electron chi connectivity index (χ2n) is 4.77. The van der Waals surface area contributed by atoms with Crippen LogP contribution in [0, 0.1) is 0 Å². The maximum Gasteiger partial charge on any atom is 0.194 e. The van der Waals surface area contributed by atoms with E-state index in [-0.39, 0.29) is 22.3 Å². The van der Waals surface area contributed by atoms with Gasteiger partial charge in [0.2, 0.25) is 0 Å². The van der Waals surface area contributed by atoms with Gasteiger partial charge in [-0.1, -0.05) is 0 Å². The number of nitrogens with zero attached hydrogens (tertiary/aromatic N) is 3. The van der Waals surface area contributed by atoms with Crippen LogP contribution in [0.2, 0.25) is 0 Å². The third-order valence-corrected chi connectivity index (χ3v) is 3.53. The van der Waals surface area contributed by atoms with Crippen molar-refractivity contribution in [3.05, 3.63) is 28.8 Å². The zero-order chi connectivity index (χ0) is 15.1. The van der Waals surface area contributed by atoms with E-state index in [4.69, 9.17) is 15.6 Å². The first-order chi connectivity index (χ1) is 10.0. The number of rotatable bonds is 2. The van der Waals surface area contributed by atoms with E-state index in [1.54, 1.807) is 0 Å². The fourth-order valence-electron chi connectivity index (χ4n) is 2.44. The van der Waals surface area contributed by atoms with Crippen LogP contribution in [0.4, 0.5) is 5.82 Å². The molecular formula is C12H14N4O5. The van der Waals surface area contributed by atoms with E-state index in [1.165, 1.54) is 23.2 Å². The Morgan fingerprint density at radius 3 is 2.76 bits per heavy atom. The zero-order valence-electron chi connectivity index (χ0n) is 10.8. The summed E-state index contributed by atoms with van der Waals surface area (Å²) >= 11 is 0. The Balaban J connectivity index is 2.16. The molecule has 5 N–H and O–H groups in total. The zero-order valence-corrected chi connectivity index (χ0v) is 10.8. The lowest BCUT2D eigenvalue weighted by Gasteiger charge is -2.20. The van der Waals surface area contributed by atoms with Crippen LogP contribution < -0.4 is 11.2 Å². The van der Waals surface area contributed by atoms with Gasteiger partial charge < -0.3 is 30.4 Å². The molecule has 0 radical (unpaired) electrons. The molecule has 2 aromatic heterocycles. The number of aliphatic hydroxyl groups excluding tert-OH is 3. The van der Waals surface area contributed by atoms with Crippen molar-refractivity contribution >= 4 is 16.9 Å². The molecule has 0 bridgehead atoms. The van der Waals surface area contributed by atoms with Gasteiger partial charge in [-0.25, -0.2) is 9.97 Å². The van der Waals surface area contributed by atoms with Crippen molar-refractivity contribution in [1.29, 1.82) is 0 Å². The number of fused-ring (bicyclic) bond motifs is 1. The van der Waals surface area contributed by atoms with Gasteiger partial charge in [0.15, 0.2) is 17.3 Å². The molecule has 3 heterocycles. The van der Waals surface area contributed by atoms with Crippen LogP contribution >= 0.6 is 0 Å². The Labute approximate surface area is 118 Å². The van der Waals surface area contributed by atoms with Gasteiger partial charge in [-0.2, -0.15) is 0 Å². The van der Waals surface area contributed by atoms with E-state index in [2.05, 4.69) is 9.97 Å². The Morgan fingerprint density at radius 1 is 1.33 bits per heavy atom. The SMILES string of the molecule is Nc1ncnc2c1c(=O)ccn2[C@@H]1O[C@H](CO)[C@H](O)C1O. The average Bonchev–Trinajstić information content (AvgIpc) is 2.76. The monoisotopic (exact) mass is 294 g/mol. The first-order valence-corrected chi connectivity index (χ1v) is 6.28. The molecule has 0 amide bonds. The average molecular weight is 294 g/mol. The van der Waals surface area contributed by atoms with Gasteiger partial charge in [-0.05, 0) is 0 Å². The van der Waals surface area contributed by atoms with Gasteiger partial charge >= 0.3 is 0 Å². The van der Waals surface area contributed by atoms with E-state index in [1.807, 2.05) is 0 Å². The van der Waals surface area contributed by atoms with Gasteiger partial charge in [0.25, 0.3) is 0 Å². The fourth-order valence-corrected chi connectivity index (χ4v) is 2.44. The molecule has 1 aliphatic heterocycles. The summed E-state index contributed by atoms with van der Waals surface area (Å²) in [6, 6.07) is 1.25. The number of nitrogen functional groups attached to an aromatic ring is 1. The standard InChI is InChI=1S/C12H14N4O5/c13-10-7-5(18)1-2-16(11(7)15-4-14-10)12-9(20)8(19)6(3-17)21-12/h1-2,4,6,8-9,12,17,19-20H,3H2,(H2,13,14,15)/t6-,8+,9?,12-/m1/s1. The van der Waals surface area contributed by atoms with Crippen molar-refractivity contribution in [3.8, 4) is 0 Å². The molecule has 2 aromatic rings. The molecule has 1 unspecified atom stereocenters. The van der Waals surface area contributed by atoms with Gasteiger partial charge in [0.05, 0.1) is 6.61 Å². The van der Waals surface area contributed by atoms with Crippen LogP contribution in [0.1, 0.15) is 6.23 Å². The van der Waals surface area contributed by atoms with Crippen molar-refractivity contribution in [3.63, 3.8) is 0 Å². The summed E-state index contributed by atoms with van der Waals surface area (Å²) in [5, 5.41) is 29.1. The van der Waals surface area contributed by atoms with Crippen molar-refractivity contribution in [1.82, 2.24) is 14.5 Å². The highest BCUT2D eigenvalue weighted by atomic mass is 16.6. The van der Waals surface area contributed by atoms with Gasteiger partial charge in [-0.3, -0.25) is 4.79 Å². The molecule has 1 fully saturated rings. The maximum atomic E-state index is 11.9. The predicted octanol–water partition coefficient (Wildman–Crippen LogP) is -2.01. The molecular weight excluding hydrogens is 280 g/mol. The fraction of sp³-hybridized carbons (Fsp3) is 0.417. The Bertz CT molecular complexity index is 733. The molecule has 3 rings (SSSR count). The first kappa shape index (κ1) is 13.9. The molecule has 21 heavy (non-hydrogen) atoms. The highest BCUT2D eigenvalue weighted by Crippen LogP contribution is 2.30. The highest BCUT2D eigenvalue weighted by molar-refractivity contribution is 5.84. The van der Waals surface area contributed by atoms with Gasteiger partial charge in [-0.15, -0.1) is 0 Å². The summed E-state index contributed by atoms with van der Waals surface area (Å²) in [6.07, 6.45) is -1.85. The van der Waals surface area contributed by atoms with Crippen LogP contribution in [0.3, 0.4) is 0 Å². The number of ether oxygens (including phenoxy) is 1. The van der Waals surface area contributed by atoms with E-state index in [9.17, 15) is 15.0 Å². The molecule has 1 saturated heterocycles. The minimum absolute atomic E-state index is 0.0195. The quantitative estimate of drug-likeness (QED) is 0.497. The Hall–Kier alpha value is -2.07. The summed E-state index contributed by atoms with van der Waals surface area (Å²) in [4.78, 5) is 19.6. The number of anilines is 1. The first-order valence-electron chi connectivity index (χ1n) is 6.28. The van der Waals surface area contributed by atoms with E-state index >= 15 is 0 Å². The van der Waals surface area contributed by atoms with Gasteiger partial charge in [0.1, 0.15) is 35.8 Å². The smallest absolute Gasteiger partial charge is 0.194 e. The summed E-state index contributed by atoms with van der Waals surface area (Å²) in [7, 11) is 0. The van der Waals surface area contributed by atoms with Crippen LogP contribution in [-0.4, -0.2) is 54.8 Å². The Kier molecular flexibility index (Phi) is 3.33. The highest BCUT2D eigenvalue weighted by Gasteiger charge is 2.43. The number of pyridine rings is 1. The van der Waals surface area contributed by atoms with Crippen LogP contribution in [-0.2, 0) is 4.74 Å². The molecule has 0 aromatic carbocycles. The minimum Gasteiger partial charge on any atom is -0.394 e. The van der Waals surface area contributed by atoms with E-state index in [0.717, 1.165) is 0 Å². The van der Waals surface area contributed by atoms with Gasteiger partial charge in [0, 0.05) is 12.3 Å². The number of aromatic nitrogens is 3. The molecule has 0 spiro atoms. The van der Waals surface area contributed by atoms with Crippen molar-refractivity contribution in [2.75, 3.05) is 12.3 Å². The number of nitrogens with two attached hydrogens (primary N) is 1. The van der Waals surface area contributed by atoms with Crippen molar-refractivity contribution in [2.24, 2.45) is 0 Å². The number of hydrogen-bond acceptors (Lipinski definition) is 8. The normalized spacial score (nSPS) is 29.1. The third kappa shape index (κ3) is 2.07. The molecule has 0 aliphatic carbocycles. The van der Waals surface area contributed by atoms with Crippen molar-refractivity contribution < 1.29 is 20.1 Å². The minimum atomic E-state index is -1.27. The van der Waals surface area contributed by atoms with E-state index in [0.29, 0.717) is 0 Å². The molecule has 1 aliphatic rings. The largest absolute Gasteiger partial charge is 0.394 e. The lowest BCUT2D eigenvalue weighted by Crippen LogP contribution is -2.33. The second kappa shape index (κ2) is 5.04. The molecule has 0 saturated carbocycles. The summed E-state index contributed by atoms with van der Waals surface area (Å²) < 4.78 is 6.81. The lowest BCUT2D eigenvalue weighted by molar-refractivity contribution is -0.0511. The topological polar surface area (TPSA) is 144 Å². The Morgan fingerprint density at radius 2 is 2.10 bits per heavy atom. The molecule has 9 nitrogen and oxygen atoms in total. The van der Waals surface area contributed by atoms with Crippen molar-refractivity contribution in [2.45, 2.75) is 24.5 Å². The number of hydrogen-bond donors (Lipinski definition) is 4. The van der Waals surface area contributed by atoms with Crippen LogP contribution in [0.25, 0.3) is 11.0 Å². The molecule has 112 valence electrons. The second-order valence-corrected chi connectivity index (χ2v) is 4.77. The van der Waals surface area contributed by atoms with Crippen LogP contribution in [0.5, 0.6) is 0 Å². The predicted molar refractivity (Wildman–Crippen MR) is 71.2 cm³/mol. The summed E-state index contributed by atoms with van der Waals surface area (Å²) in [6.45, 7) is -0.440.